The first-order valence-electron chi connectivity index (χ1n) is 44.7. The van der Waals surface area contributed by atoms with E-state index in [1.165, 1.54) is 71.4 Å². The number of aromatic nitrogens is 1. The second-order valence-corrected chi connectivity index (χ2v) is 35.3. The number of nitrogens with zero attached hydrogens (tertiary/aromatic N) is 5. The number of phenols is 1. The maximum absolute atomic E-state index is 12.7. The number of pyridine rings is 1. The Labute approximate surface area is 737 Å². The van der Waals surface area contributed by atoms with Crippen molar-refractivity contribution in [2.75, 3.05) is 39.4 Å². The van der Waals surface area contributed by atoms with Gasteiger partial charge >= 0.3 is 0 Å². The van der Waals surface area contributed by atoms with E-state index >= 15 is 0 Å². The van der Waals surface area contributed by atoms with Gasteiger partial charge in [0.05, 0.1) is 12.6 Å². The minimum Gasteiger partial charge on any atom is -0.508 e. The summed E-state index contributed by atoms with van der Waals surface area (Å²) in [4.78, 5) is 229. The lowest BCUT2D eigenvalue weighted by Crippen LogP contribution is -2.48. The molecule has 4 aliphatic carbocycles. The Balaban J connectivity index is 0.000000154. The number of aromatic amines is 1. The molecular weight excluding hydrogens is 1630 g/mol. The largest absolute Gasteiger partial charge is 0.508 e. The van der Waals surface area contributed by atoms with Gasteiger partial charge in [0.15, 0.2) is 0 Å². The van der Waals surface area contributed by atoms with E-state index < -0.39 is 88.8 Å². The number of amides is 11. The number of nitrogens with two attached hydrogens (primary N) is 2. The number of aromatic hydroxyl groups is 1. The number of carbonyl (C=O) groups is 17. The summed E-state index contributed by atoms with van der Waals surface area (Å²) in [5.41, 5.74) is 14.6. The van der Waals surface area contributed by atoms with Crippen molar-refractivity contribution in [1.29, 1.82) is 0 Å². The zero-order valence-corrected chi connectivity index (χ0v) is 72.2. The molecule has 32 heteroatoms. The van der Waals surface area contributed by atoms with E-state index in [2.05, 4.69) is 26.3 Å². The predicted octanol–water partition coefficient (Wildman–Crippen LogP) is 6.55. The summed E-state index contributed by atoms with van der Waals surface area (Å²) in [5, 5.41) is 20.1. The van der Waals surface area contributed by atoms with E-state index in [0.29, 0.717) is 143 Å². The van der Waals surface area contributed by atoms with E-state index in [-0.39, 0.29) is 110 Å². The summed E-state index contributed by atoms with van der Waals surface area (Å²) in [6.45, 7) is 6.63. The van der Waals surface area contributed by atoms with Crippen LogP contribution in [0.2, 0.25) is 0 Å². The van der Waals surface area contributed by atoms with Gasteiger partial charge in [-0.2, -0.15) is 0 Å². The molecule has 32 nitrogen and oxygen atoms in total. The SMILES string of the molecule is CC1(CC(=O)C(=O)C2CCC(=O)N2Cc2ccccc2)CC1.NC(=O)c1cccc(CN2C(=O)CCC2C(=O)C(=O)NCC2CC2)c1.NC(=O)c1cccc(CN2C(=O)CCC2C(=O)C(=O)NCC2CCCCC2)c1.O=C(NCC1CCCCC1)C(=O)C1CCC(=O)N1CC1CCOCC1.O=C(NCc1cccc(=O)[nH]1)C(=O)C1CCC(=O)N1Cc1ccc(O)cc1. The average molecular weight is 1750 g/mol. The van der Waals surface area contributed by atoms with Crippen molar-refractivity contribution in [2.24, 2.45) is 40.6 Å². The Bertz CT molecular complexity index is 4910. The topological polar surface area (TPSA) is 469 Å². The second kappa shape index (κ2) is 45.8. The van der Waals surface area contributed by atoms with Gasteiger partial charge < -0.3 is 72.1 Å². The molecule has 6 aliphatic heterocycles. The number of likely N-dealkylation sites (tertiary alicyclic amines) is 5. The number of primary amides is 2. The van der Waals surface area contributed by atoms with Crippen molar-refractivity contribution >= 4 is 99.7 Å². The highest BCUT2D eigenvalue weighted by Gasteiger charge is 2.47. The molecule has 0 bridgehead atoms. The van der Waals surface area contributed by atoms with Gasteiger partial charge in [-0.25, -0.2) is 0 Å². The Morgan fingerprint density at radius 2 is 0.756 bits per heavy atom. The number of phenolic OH excluding ortho intramolecular Hbond substituents is 1. The maximum atomic E-state index is 12.7. The van der Waals surface area contributed by atoms with E-state index in [1.807, 2.05) is 37.3 Å². The molecule has 15 rings (SSSR count). The van der Waals surface area contributed by atoms with Crippen LogP contribution in [0.25, 0.3) is 0 Å². The lowest BCUT2D eigenvalue weighted by Gasteiger charge is -2.30. The van der Waals surface area contributed by atoms with Crippen molar-refractivity contribution < 1.29 is 91.4 Å². The zero-order valence-electron chi connectivity index (χ0n) is 72.2. The standard InChI is InChI=1S/C21H27N3O4.C19H19N3O5.C19H30N2O4.C18H21N3O4.C18H21NO3/c22-20(27)16-8-4-7-15(11-16)13-24-17(9-10-18(24)25)19(26)21(28)23-12-14-5-2-1-3-6-14;23-14-6-4-12(5-7-14)11-22-15(8-9-17(22)25)18(26)19(27)20-10-13-2-1-3-16(24)21-13;22-17-7-6-16(21(17)13-15-8-10-25-11-9-15)18(23)19(24)20-12-14-4-2-1-3-5-14;19-17(24)13-3-1-2-12(8-13)10-21-14(6-7-15(21)22)16(23)18(25)20-9-11-4-5-11;1-18(9-10-18)11-15(20)17(22)14-7-8-16(21)19(14)12-13-5-3-2-4-6-13/h4,7-8,11,14,17H,1-3,5-6,9-10,12-13H2,(H2,22,27)(H,23,28);1-7,15,23H,8-11H2,(H,20,27)(H,21,24);14-16H,1-13H2,(H,20,24);1-3,8,11,14H,4-7,9-10H2,(H2,19,24)(H,20,25);2-6,14H,7-12H2,1H3. The van der Waals surface area contributed by atoms with Gasteiger partial charge in [0.2, 0.25) is 81.6 Å². The summed E-state index contributed by atoms with van der Waals surface area (Å²) in [6.07, 6.45) is 21.4. The molecule has 6 saturated heterocycles. The van der Waals surface area contributed by atoms with Gasteiger partial charge in [-0.15, -0.1) is 0 Å². The molecule has 4 saturated carbocycles. The quantitative estimate of drug-likeness (QED) is 0.0212. The fourth-order valence-corrected chi connectivity index (χ4v) is 17.5. The molecule has 0 spiro atoms. The Hall–Kier alpha value is -12.2. The molecule has 11 amide bonds. The van der Waals surface area contributed by atoms with Gasteiger partial charge in [-0.1, -0.05) is 118 Å². The smallest absolute Gasteiger partial charge is 0.289 e. The fourth-order valence-electron chi connectivity index (χ4n) is 17.5. The first-order valence-corrected chi connectivity index (χ1v) is 44.7. The van der Waals surface area contributed by atoms with E-state index in [0.717, 1.165) is 75.3 Å². The fraction of sp³-hybridized carbons (Fsp3) is 0.516. The van der Waals surface area contributed by atoms with Gasteiger partial charge in [0.1, 0.15) is 29.9 Å². The third kappa shape index (κ3) is 27.9. The molecule has 678 valence electrons. The molecule has 5 atom stereocenters. The summed E-state index contributed by atoms with van der Waals surface area (Å²) >= 11 is 0. The normalized spacial score (nSPS) is 20.9. The molecule has 5 unspecified atom stereocenters. The van der Waals surface area contributed by atoms with Crippen molar-refractivity contribution in [3.63, 3.8) is 0 Å². The van der Waals surface area contributed by atoms with Crippen molar-refractivity contribution in [1.82, 2.24) is 50.8 Å². The molecule has 1 aromatic heterocycles. The number of ketones is 6. The summed E-state index contributed by atoms with van der Waals surface area (Å²) < 4.78 is 5.36. The molecule has 127 heavy (non-hydrogen) atoms. The van der Waals surface area contributed by atoms with E-state index in [9.17, 15) is 91.4 Å². The minimum atomic E-state index is -0.818. The van der Waals surface area contributed by atoms with Crippen LogP contribution in [-0.4, -0.2) is 204 Å². The van der Waals surface area contributed by atoms with Gasteiger partial charge in [-0.05, 0) is 190 Å². The number of H-pyrrole nitrogens is 1. The van der Waals surface area contributed by atoms with Crippen LogP contribution in [0.1, 0.15) is 229 Å². The molecule has 5 aromatic rings. The van der Waals surface area contributed by atoms with Gasteiger partial charge in [0.25, 0.3) is 23.6 Å². The lowest BCUT2D eigenvalue weighted by molar-refractivity contribution is -0.143. The van der Waals surface area contributed by atoms with Crippen LogP contribution in [0.15, 0.2) is 126 Å². The van der Waals surface area contributed by atoms with Crippen LogP contribution in [0.4, 0.5) is 0 Å². The van der Waals surface area contributed by atoms with Crippen molar-refractivity contribution in [3.8, 4) is 5.75 Å². The molecule has 7 heterocycles. The molecule has 4 aromatic carbocycles. The van der Waals surface area contributed by atoms with Crippen LogP contribution >= 0.6 is 0 Å². The first-order chi connectivity index (χ1) is 61.0. The number of Topliss-reactive ketones (excluding diaryl/α,β-unsaturated/α-hetero) is 6. The maximum Gasteiger partial charge on any atom is 0.289 e. The average Bonchev–Trinajstić information content (AvgIpc) is 1.62. The number of ether oxygens (including phenoxy) is 1. The third-order valence-corrected chi connectivity index (χ3v) is 25.5. The summed E-state index contributed by atoms with van der Waals surface area (Å²) in [7, 11) is 0. The highest BCUT2D eigenvalue weighted by molar-refractivity contribution is 6.41. The third-order valence-electron chi connectivity index (χ3n) is 25.5. The number of hydrogen-bond acceptors (Lipinski definition) is 20. The van der Waals surface area contributed by atoms with Crippen LogP contribution in [-0.2, 0) is 109 Å². The number of hydrogen-bond donors (Lipinski definition) is 8. The first kappa shape index (κ1) is 95.4. The monoisotopic (exact) mass is 1750 g/mol. The van der Waals surface area contributed by atoms with Crippen molar-refractivity contribution in [3.05, 3.63) is 171 Å². The predicted molar refractivity (Wildman–Crippen MR) is 463 cm³/mol. The summed E-state index contributed by atoms with van der Waals surface area (Å²) in [5.74, 6) is -5.25. The van der Waals surface area contributed by atoms with E-state index in [1.54, 1.807) is 82.6 Å². The number of rotatable bonds is 32. The molecule has 10 aliphatic rings. The second-order valence-electron chi connectivity index (χ2n) is 35.3. The highest BCUT2D eigenvalue weighted by Crippen LogP contribution is 2.48. The van der Waals surface area contributed by atoms with Gasteiger partial charge in [0, 0.05) is 127 Å². The van der Waals surface area contributed by atoms with Crippen molar-refractivity contribution in [2.45, 2.75) is 243 Å². The zero-order chi connectivity index (χ0) is 90.8. The van der Waals surface area contributed by atoms with E-state index in [4.69, 9.17) is 16.2 Å². The number of nitrogens with one attached hydrogen (secondary N) is 5. The highest BCUT2D eigenvalue weighted by atomic mass is 16.5. The number of benzene rings is 4. The number of carbonyl (C=O) groups excluding carboxylic acids is 17. The summed E-state index contributed by atoms with van der Waals surface area (Å²) in [6, 6.07) is 30.3. The molecule has 10 N–H and O–H groups in total. The van der Waals surface area contributed by atoms with Crippen LogP contribution in [0.3, 0.4) is 0 Å². The van der Waals surface area contributed by atoms with Crippen LogP contribution < -0.4 is 38.3 Å². The Kier molecular flexibility index (Phi) is 34.4. The molecule has 0 radical (unpaired) electrons. The minimum absolute atomic E-state index is 0.00456. The molecule has 10 fully saturated rings. The van der Waals surface area contributed by atoms with Crippen LogP contribution in [0.5, 0.6) is 5.75 Å². The molecular formula is C95H118N12O20. The van der Waals surface area contributed by atoms with Crippen LogP contribution in [0, 0.1) is 29.1 Å². The lowest BCUT2D eigenvalue weighted by atomic mass is 9.89. The Morgan fingerprint density at radius 3 is 1.16 bits per heavy atom. The van der Waals surface area contributed by atoms with Gasteiger partial charge in [-0.3, -0.25) is 86.3 Å². The Morgan fingerprint density at radius 1 is 0.394 bits per heavy atom.